The van der Waals surface area contributed by atoms with Gasteiger partial charge in [-0.3, -0.25) is 0 Å². The second-order valence-electron chi connectivity index (χ2n) is 5.30. The van der Waals surface area contributed by atoms with Gasteiger partial charge in [0.25, 0.3) is 0 Å². The molecule has 0 saturated carbocycles. The number of hydrogen-bond donors (Lipinski definition) is 1. The van der Waals surface area contributed by atoms with Crippen molar-refractivity contribution in [3.63, 3.8) is 0 Å². The Labute approximate surface area is 105 Å². The maximum atomic E-state index is 3.69. The lowest BCUT2D eigenvalue weighted by atomic mass is 10.1. The van der Waals surface area contributed by atoms with Crippen molar-refractivity contribution in [2.75, 3.05) is 20.1 Å². The molecule has 1 unspecified atom stereocenters. The van der Waals surface area contributed by atoms with Crippen LogP contribution in [0, 0.1) is 6.92 Å². The van der Waals surface area contributed by atoms with Gasteiger partial charge in [-0.15, -0.1) is 0 Å². The molecular formula is C15H24N2. The van der Waals surface area contributed by atoms with Crippen LogP contribution in [0.5, 0.6) is 0 Å². The Morgan fingerprint density at radius 3 is 2.71 bits per heavy atom. The molecule has 2 heteroatoms. The molecule has 0 radical (unpaired) electrons. The molecule has 1 aromatic rings. The summed E-state index contributed by atoms with van der Waals surface area (Å²) in [4.78, 5) is 2.44. The van der Waals surface area contributed by atoms with E-state index in [0.717, 1.165) is 6.54 Å². The van der Waals surface area contributed by atoms with Crippen LogP contribution in [0.25, 0.3) is 0 Å². The third-order valence-electron chi connectivity index (χ3n) is 3.67. The highest BCUT2D eigenvalue weighted by atomic mass is 15.1. The normalized spacial score (nSPS) is 22.4. The summed E-state index contributed by atoms with van der Waals surface area (Å²) < 4.78 is 0. The number of nitrogens with one attached hydrogen (secondary N) is 1. The first-order chi connectivity index (χ1) is 8.24. The van der Waals surface area contributed by atoms with E-state index in [4.69, 9.17) is 0 Å². The summed E-state index contributed by atoms with van der Waals surface area (Å²) in [5.74, 6) is 0. The zero-order valence-corrected chi connectivity index (χ0v) is 11.1. The fourth-order valence-electron chi connectivity index (χ4n) is 2.41. The van der Waals surface area contributed by atoms with E-state index in [1.165, 1.54) is 43.5 Å². The molecule has 0 spiro atoms. The molecule has 1 aliphatic rings. The number of benzene rings is 1. The first kappa shape index (κ1) is 12.6. The van der Waals surface area contributed by atoms with Gasteiger partial charge in [0.1, 0.15) is 0 Å². The Morgan fingerprint density at radius 2 is 1.94 bits per heavy atom. The minimum Gasteiger partial charge on any atom is -0.310 e. The summed E-state index contributed by atoms with van der Waals surface area (Å²) in [6, 6.07) is 9.53. The van der Waals surface area contributed by atoms with Crippen LogP contribution in [0.4, 0.5) is 0 Å². The molecule has 2 rings (SSSR count). The van der Waals surface area contributed by atoms with Crippen LogP contribution in [0.1, 0.15) is 30.4 Å². The van der Waals surface area contributed by atoms with Gasteiger partial charge in [-0.05, 0) is 51.9 Å². The van der Waals surface area contributed by atoms with E-state index in [1.54, 1.807) is 0 Å². The van der Waals surface area contributed by atoms with Crippen molar-refractivity contribution in [1.29, 1.82) is 0 Å². The number of likely N-dealkylation sites (tertiary alicyclic amines) is 1. The maximum absolute atomic E-state index is 3.69. The molecule has 94 valence electrons. The fourth-order valence-corrected chi connectivity index (χ4v) is 2.41. The molecule has 1 aliphatic heterocycles. The van der Waals surface area contributed by atoms with Gasteiger partial charge < -0.3 is 10.2 Å². The molecule has 1 N–H and O–H groups in total. The molecule has 1 saturated heterocycles. The molecule has 0 amide bonds. The van der Waals surface area contributed by atoms with Crippen LogP contribution in [-0.4, -0.2) is 31.1 Å². The molecule has 1 aromatic carbocycles. The molecule has 0 aromatic heterocycles. The predicted molar refractivity (Wildman–Crippen MR) is 73.2 cm³/mol. The van der Waals surface area contributed by atoms with Gasteiger partial charge in [0.05, 0.1) is 0 Å². The van der Waals surface area contributed by atoms with Crippen molar-refractivity contribution in [2.45, 2.75) is 38.8 Å². The van der Waals surface area contributed by atoms with Crippen molar-refractivity contribution in [1.82, 2.24) is 10.2 Å². The van der Waals surface area contributed by atoms with Crippen LogP contribution >= 0.6 is 0 Å². The van der Waals surface area contributed by atoms with E-state index < -0.39 is 0 Å². The summed E-state index contributed by atoms with van der Waals surface area (Å²) in [5.41, 5.74) is 2.73. The average molecular weight is 232 g/mol. The minimum atomic E-state index is 0.696. The van der Waals surface area contributed by atoms with Crippen molar-refractivity contribution in [3.05, 3.63) is 35.4 Å². The van der Waals surface area contributed by atoms with Crippen molar-refractivity contribution in [3.8, 4) is 0 Å². The first-order valence-corrected chi connectivity index (χ1v) is 6.71. The largest absolute Gasteiger partial charge is 0.310 e. The third-order valence-corrected chi connectivity index (χ3v) is 3.67. The van der Waals surface area contributed by atoms with E-state index in [2.05, 4.69) is 48.5 Å². The van der Waals surface area contributed by atoms with Crippen molar-refractivity contribution >= 4 is 0 Å². The highest BCUT2D eigenvalue weighted by Gasteiger charge is 2.13. The van der Waals surface area contributed by atoms with E-state index >= 15 is 0 Å². The Morgan fingerprint density at radius 1 is 1.18 bits per heavy atom. The fraction of sp³-hybridized carbons (Fsp3) is 0.600. The van der Waals surface area contributed by atoms with E-state index in [-0.39, 0.29) is 0 Å². The lowest BCUT2D eigenvalue weighted by Crippen LogP contribution is -2.29. The van der Waals surface area contributed by atoms with Gasteiger partial charge in [0.2, 0.25) is 0 Å². The average Bonchev–Trinajstić information content (AvgIpc) is 2.54. The number of nitrogens with zero attached hydrogens (tertiary/aromatic N) is 1. The van der Waals surface area contributed by atoms with Gasteiger partial charge in [0.15, 0.2) is 0 Å². The summed E-state index contributed by atoms with van der Waals surface area (Å²) in [5, 5.41) is 3.69. The lowest BCUT2D eigenvalue weighted by molar-refractivity contribution is 0.343. The van der Waals surface area contributed by atoms with E-state index in [9.17, 15) is 0 Å². The smallest absolute Gasteiger partial charge is 0.0208 e. The van der Waals surface area contributed by atoms with Gasteiger partial charge in [0, 0.05) is 12.6 Å². The second kappa shape index (κ2) is 6.18. The number of rotatable bonds is 3. The topological polar surface area (TPSA) is 15.3 Å². The quantitative estimate of drug-likeness (QED) is 0.861. The minimum absolute atomic E-state index is 0.696. The summed E-state index contributed by atoms with van der Waals surface area (Å²) in [6.07, 6.45) is 3.92. The van der Waals surface area contributed by atoms with Gasteiger partial charge in [-0.25, -0.2) is 0 Å². The van der Waals surface area contributed by atoms with E-state index in [1.807, 2.05) is 0 Å². The number of aryl methyl sites for hydroxylation is 1. The predicted octanol–water partition coefficient (Wildman–Crippen LogP) is 2.57. The molecule has 1 heterocycles. The van der Waals surface area contributed by atoms with Crippen molar-refractivity contribution < 1.29 is 0 Å². The highest BCUT2D eigenvalue weighted by Crippen LogP contribution is 2.11. The van der Waals surface area contributed by atoms with Gasteiger partial charge >= 0.3 is 0 Å². The molecule has 1 atom stereocenters. The SMILES string of the molecule is Cc1ccc(CNC2CCCN(C)CC2)cc1. The Bertz CT molecular complexity index is 331. The maximum Gasteiger partial charge on any atom is 0.0208 e. The Balaban J connectivity index is 1.79. The van der Waals surface area contributed by atoms with E-state index in [0.29, 0.717) is 6.04 Å². The molecular weight excluding hydrogens is 208 g/mol. The summed E-state index contributed by atoms with van der Waals surface area (Å²) in [7, 11) is 2.22. The first-order valence-electron chi connectivity index (χ1n) is 6.71. The Hall–Kier alpha value is -0.860. The van der Waals surface area contributed by atoms with Crippen LogP contribution in [0.3, 0.4) is 0 Å². The number of hydrogen-bond acceptors (Lipinski definition) is 2. The third kappa shape index (κ3) is 4.14. The van der Waals surface area contributed by atoms with Gasteiger partial charge in [-0.1, -0.05) is 29.8 Å². The highest BCUT2D eigenvalue weighted by molar-refractivity contribution is 5.21. The lowest BCUT2D eigenvalue weighted by Gasteiger charge is -2.16. The summed E-state index contributed by atoms with van der Waals surface area (Å²) in [6.45, 7) is 5.63. The molecule has 1 fully saturated rings. The monoisotopic (exact) mass is 232 g/mol. The zero-order chi connectivity index (χ0) is 12.1. The van der Waals surface area contributed by atoms with Crippen LogP contribution < -0.4 is 5.32 Å². The second-order valence-corrected chi connectivity index (χ2v) is 5.30. The summed E-state index contributed by atoms with van der Waals surface area (Å²) >= 11 is 0. The standard InChI is InChI=1S/C15H24N2/c1-13-5-7-14(8-6-13)12-16-15-4-3-10-17(2)11-9-15/h5-8,15-16H,3-4,9-12H2,1-2H3. The molecule has 17 heavy (non-hydrogen) atoms. The van der Waals surface area contributed by atoms with Crippen LogP contribution in [0.15, 0.2) is 24.3 Å². The molecule has 2 nitrogen and oxygen atoms in total. The van der Waals surface area contributed by atoms with Crippen LogP contribution in [-0.2, 0) is 6.54 Å². The van der Waals surface area contributed by atoms with Crippen LogP contribution in [0.2, 0.25) is 0 Å². The molecule has 0 aliphatic carbocycles. The Kier molecular flexibility index (Phi) is 4.57. The zero-order valence-electron chi connectivity index (χ0n) is 11.1. The molecule has 0 bridgehead atoms. The van der Waals surface area contributed by atoms with Gasteiger partial charge in [-0.2, -0.15) is 0 Å². The van der Waals surface area contributed by atoms with Crippen molar-refractivity contribution in [2.24, 2.45) is 0 Å².